The lowest BCUT2D eigenvalue weighted by Crippen LogP contribution is -1.98. The first-order valence-electron chi connectivity index (χ1n) is 7.36. The molecule has 0 saturated heterocycles. The number of phenols is 1. The van der Waals surface area contributed by atoms with E-state index in [4.69, 9.17) is 4.74 Å². The molecule has 0 radical (unpaired) electrons. The van der Waals surface area contributed by atoms with E-state index >= 15 is 0 Å². The van der Waals surface area contributed by atoms with Crippen LogP contribution in [-0.2, 0) is 0 Å². The number of anilines is 1. The molecule has 2 N–H and O–H groups in total. The number of hydrogen-bond donors (Lipinski definition) is 2. The molecule has 0 saturated carbocycles. The van der Waals surface area contributed by atoms with Crippen LogP contribution in [0.25, 0.3) is 10.4 Å². The van der Waals surface area contributed by atoms with Gasteiger partial charge in [0.05, 0.1) is 17.7 Å². The van der Waals surface area contributed by atoms with E-state index in [0.29, 0.717) is 16.4 Å². The number of hydrogen-bond acceptors (Lipinski definition) is 6. The van der Waals surface area contributed by atoms with Gasteiger partial charge in [-0.1, -0.05) is 41.7 Å². The first-order valence-corrected chi connectivity index (χ1v) is 8.18. The van der Waals surface area contributed by atoms with Gasteiger partial charge in [-0.15, -0.1) is 0 Å². The summed E-state index contributed by atoms with van der Waals surface area (Å²) in [5.41, 5.74) is 5.57. The summed E-state index contributed by atoms with van der Waals surface area (Å²) in [6, 6.07) is 15.0. The van der Waals surface area contributed by atoms with Crippen molar-refractivity contribution in [2.45, 2.75) is 6.92 Å². The quantitative estimate of drug-likeness (QED) is 0.535. The molecule has 2 aromatic carbocycles. The van der Waals surface area contributed by atoms with Gasteiger partial charge in [0.2, 0.25) is 5.13 Å². The smallest absolute Gasteiger partial charge is 0.203 e. The SMILES string of the molecule is COc1ccc(O)c(-c2cnc(N/N=C(/C)c3ccccc3)s2)c1. The second-order valence-corrected chi connectivity index (χ2v) is 6.12. The monoisotopic (exact) mass is 339 g/mol. The van der Waals surface area contributed by atoms with Gasteiger partial charge < -0.3 is 9.84 Å². The highest BCUT2D eigenvalue weighted by Gasteiger charge is 2.10. The number of hydrazone groups is 1. The lowest BCUT2D eigenvalue weighted by atomic mass is 10.1. The van der Waals surface area contributed by atoms with Gasteiger partial charge in [-0.25, -0.2) is 4.98 Å². The lowest BCUT2D eigenvalue weighted by Gasteiger charge is -2.04. The minimum Gasteiger partial charge on any atom is -0.507 e. The highest BCUT2D eigenvalue weighted by molar-refractivity contribution is 7.18. The van der Waals surface area contributed by atoms with E-state index < -0.39 is 0 Å². The third-order valence-corrected chi connectivity index (χ3v) is 4.42. The number of benzene rings is 2. The van der Waals surface area contributed by atoms with Crippen LogP contribution in [0.5, 0.6) is 11.5 Å². The average Bonchev–Trinajstić information content (AvgIpc) is 3.09. The number of methoxy groups -OCH3 is 1. The summed E-state index contributed by atoms with van der Waals surface area (Å²) in [6.45, 7) is 1.94. The summed E-state index contributed by atoms with van der Waals surface area (Å²) in [5, 5.41) is 15.0. The fourth-order valence-electron chi connectivity index (χ4n) is 2.17. The van der Waals surface area contributed by atoms with E-state index in [0.717, 1.165) is 16.2 Å². The number of nitrogens with one attached hydrogen (secondary N) is 1. The topological polar surface area (TPSA) is 66.7 Å². The maximum absolute atomic E-state index is 10.0. The molecule has 5 nitrogen and oxygen atoms in total. The van der Waals surface area contributed by atoms with Gasteiger partial charge in [-0.05, 0) is 30.7 Å². The van der Waals surface area contributed by atoms with E-state index in [1.165, 1.54) is 11.3 Å². The standard InChI is InChI=1S/C18H17N3O2S/c1-12(13-6-4-3-5-7-13)20-21-18-19-11-17(24-18)15-10-14(23-2)8-9-16(15)22/h3-11,22H,1-2H3,(H,19,21)/b20-12-. The van der Waals surface area contributed by atoms with Gasteiger partial charge in [0.25, 0.3) is 0 Å². The van der Waals surface area contributed by atoms with Gasteiger partial charge in [0, 0.05) is 11.8 Å². The van der Waals surface area contributed by atoms with Gasteiger partial charge >= 0.3 is 0 Å². The number of nitrogens with zero attached hydrogens (tertiary/aromatic N) is 2. The maximum Gasteiger partial charge on any atom is 0.203 e. The molecule has 0 bridgehead atoms. The van der Waals surface area contributed by atoms with Crippen molar-refractivity contribution in [1.29, 1.82) is 0 Å². The summed E-state index contributed by atoms with van der Waals surface area (Å²) in [4.78, 5) is 5.14. The second kappa shape index (κ2) is 7.14. The van der Waals surface area contributed by atoms with Crippen LogP contribution in [0.1, 0.15) is 12.5 Å². The molecular weight excluding hydrogens is 322 g/mol. The molecule has 0 aliphatic heterocycles. The van der Waals surface area contributed by atoms with E-state index in [9.17, 15) is 5.11 Å². The number of aromatic nitrogens is 1. The third-order valence-electron chi connectivity index (χ3n) is 3.49. The number of rotatable bonds is 5. The van der Waals surface area contributed by atoms with Crippen molar-refractivity contribution >= 4 is 22.2 Å². The molecule has 1 aromatic heterocycles. The van der Waals surface area contributed by atoms with Gasteiger partial charge in [0.1, 0.15) is 11.5 Å². The minimum atomic E-state index is 0.190. The van der Waals surface area contributed by atoms with Crippen molar-refractivity contribution in [2.24, 2.45) is 5.10 Å². The van der Waals surface area contributed by atoms with Crippen LogP contribution in [0.15, 0.2) is 59.8 Å². The molecule has 0 aliphatic carbocycles. The predicted octanol–water partition coefficient (Wildman–Crippen LogP) is 4.36. The fourth-order valence-corrected chi connectivity index (χ4v) is 2.95. The van der Waals surface area contributed by atoms with E-state index in [-0.39, 0.29) is 5.75 Å². The average molecular weight is 339 g/mol. The van der Waals surface area contributed by atoms with Gasteiger partial charge in [-0.2, -0.15) is 5.10 Å². The molecule has 24 heavy (non-hydrogen) atoms. The van der Waals surface area contributed by atoms with E-state index in [2.05, 4.69) is 15.5 Å². The maximum atomic E-state index is 10.0. The first-order chi connectivity index (χ1) is 11.7. The summed E-state index contributed by atoms with van der Waals surface area (Å²) in [5.74, 6) is 0.874. The summed E-state index contributed by atoms with van der Waals surface area (Å²) >= 11 is 1.41. The molecule has 3 rings (SSSR count). The van der Waals surface area contributed by atoms with Crippen molar-refractivity contribution in [1.82, 2.24) is 4.98 Å². The molecule has 0 unspecified atom stereocenters. The van der Waals surface area contributed by atoms with Crippen LogP contribution in [0.3, 0.4) is 0 Å². The van der Waals surface area contributed by atoms with Crippen molar-refractivity contribution in [2.75, 3.05) is 12.5 Å². The van der Waals surface area contributed by atoms with Crippen LogP contribution in [0.4, 0.5) is 5.13 Å². The Labute approximate surface area is 144 Å². The Morgan fingerprint density at radius 1 is 1.21 bits per heavy atom. The minimum absolute atomic E-state index is 0.190. The molecule has 1 heterocycles. The molecule has 0 aliphatic rings. The largest absolute Gasteiger partial charge is 0.507 e. The summed E-state index contributed by atoms with van der Waals surface area (Å²) in [6.07, 6.45) is 1.70. The summed E-state index contributed by atoms with van der Waals surface area (Å²) in [7, 11) is 1.59. The molecule has 0 fully saturated rings. The van der Waals surface area contributed by atoms with Crippen LogP contribution < -0.4 is 10.2 Å². The molecule has 122 valence electrons. The van der Waals surface area contributed by atoms with Gasteiger partial charge in [-0.3, -0.25) is 5.43 Å². The van der Waals surface area contributed by atoms with Gasteiger partial charge in [0.15, 0.2) is 0 Å². The van der Waals surface area contributed by atoms with Crippen LogP contribution in [0.2, 0.25) is 0 Å². The van der Waals surface area contributed by atoms with Crippen molar-refractivity contribution in [3.8, 4) is 21.9 Å². The van der Waals surface area contributed by atoms with Crippen LogP contribution in [-0.4, -0.2) is 22.9 Å². The Kier molecular flexibility index (Phi) is 4.77. The number of ether oxygens (including phenoxy) is 1. The second-order valence-electron chi connectivity index (χ2n) is 5.09. The first kappa shape index (κ1) is 16.0. The number of aromatic hydroxyl groups is 1. The Hall–Kier alpha value is -2.86. The fraction of sp³-hybridized carbons (Fsp3) is 0.111. The summed E-state index contributed by atoms with van der Waals surface area (Å²) < 4.78 is 5.20. The Balaban J connectivity index is 1.79. The Morgan fingerprint density at radius 2 is 2.00 bits per heavy atom. The highest BCUT2D eigenvalue weighted by Crippen LogP contribution is 2.37. The lowest BCUT2D eigenvalue weighted by molar-refractivity contribution is 0.412. The Morgan fingerprint density at radius 3 is 2.75 bits per heavy atom. The third kappa shape index (κ3) is 3.55. The van der Waals surface area contributed by atoms with Crippen LogP contribution >= 0.6 is 11.3 Å². The molecular formula is C18H17N3O2S. The molecule has 0 amide bonds. The van der Waals surface area contributed by atoms with Crippen molar-refractivity contribution in [3.05, 3.63) is 60.3 Å². The van der Waals surface area contributed by atoms with Crippen LogP contribution in [0, 0.1) is 0 Å². The molecule has 0 spiro atoms. The highest BCUT2D eigenvalue weighted by atomic mass is 32.1. The normalized spacial score (nSPS) is 11.3. The molecule has 3 aromatic rings. The zero-order valence-corrected chi connectivity index (χ0v) is 14.2. The molecule has 0 atom stereocenters. The van der Waals surface area contributed by atoms with E-state index in [1.807, 2.05) is 37.3 Å². The zero-order chi connectivity index (χ0) is 16.9. The van der Waals surface area contributed by atoms with Crippen molar-refractivity contribution in [3.63, 3.8) is 0 Å². The number of thiazole rings is 1. The zero-order valence-electron chi connectivity index (χ0n) is 13.4. The van der Waals surface area contributed by atoms with Crippen molar-refractivity contribution < 1.29 is 9.84 Å². The predicted molar refractivity (Wildman–Crippen MR) is 98.0 cm³/mol. The van der Waals surface area contributed by atoms with E-state index in [1.54, 1.807) is 31.5 Å². The molecule has 6 heteroatoms. The Bertz CT molecular complexity index is 860. The number of phenolic OH excluding ortho intramolecular Hbond substituents is 1.